The van der Waals surface area contributed by atoms with Crippen molar-refractivity contribution in [2.45, 2.75) is 6.42 Å². The number of amides is 1. The molecule has 2 aromatic rings. The highest BCUT2D eigenvalue weighted by molar-refractivity contribution is 9.11. The number of halogens is 2. The second kappa shape index (κ2) is 6.34. The van der Waals surface area contributed by atoms with Gasteiger partial charge in [0, 0.05) is 5.69 Å². The zero-order valence-corrected chi connectivity index (χ0v) is 13.1. The average Bonchev–Trinajstić information content (AvgIpc) is 2.70. The van der Waals surface area contributed by atoms with Crippen LogP contribution in [0, 0.1) is 0 Å². The van der Waals surface area contributed by atoms with Gasteiger partial charge in [0.2, 0.25) is 0 Å². The van der Waals surface area contributed by atoms with E-state index in [0.717, 1.165) is 11.3 Å². The zero-order chi connectivity index (χ0) is 14.7. The molecule has 1 aromatic heterocycles. The maximum absolute atomic E-state index is 12.1. The Morgan fingerprint density at radius 3 is 2.70 bits per heavy atom. The van der Waals surface area contributed by atoms with Crippen LogP contribution < -0.4 is 5.32 Å². The van der Waals surface area contributed by atoms with Crippen LogP contribution in [0.4, 0.5) is 5.69 Å². The van der Waals surface area contributed by atoms with Gasteiger partial charge in [0.05, 0.1) is 6.42 Å². The van der Waals surface area contributed by atoms with Crippen molar-refractivity contribution in [1.29, 1.82) is 0 Å². The number of carboxylic acids is 1. The molecule has 0 radical (unpaired) electrons. The van der Waals surface area contributed by atoms with Crippen molar-refractivity contribution in [2.75, 3.05) is 5.32 Å². The molecular formula is C12H8BrClN2O3S. The molecule has 0 bridgehead atoms. The molecule has 0 fully saturated rings. The second-order valence-electron chi connectivity index (χ2n) is 3.77. The van der Waals surface area contributed by atoms with Gasteiger partial charge in [-0.15, -0.1) is 0 Å². The van der Waals surface area contributed by atoms with Gasteiger partial charge >= 0.3 is 5.97 Å². The van der Waals surface area contributed by atoms with Gasteiger partial charge < -0.3 is 10.4 Å². The second-order valence-corrected chi connectivity index (χ2v) is 6.65. The largest absolute Gasteiger partial charge is 0.481 e. The molecule has 0 aliphatic rings. The Morgan fingerprint density at radius 2 is 2.10 bits per heavy atom. The highest BCUT2D eigenvalue weighted by Gasteiger charge is 2.17. The molecule has 0 unspecified atom stereocenters. The van der Waals surface area contributed by atoms with Gasteiger partial charge in [0.25, 0.3) is 5.91 Å². The van der Waals surface area contributed by atoms with Gasteiger partial charge in [-0.1, -0.05) is 41.1 Å². The van der Waals surface area contributed by atoms with Crippen LogP contribution >= 0.6 is 38.9 Å². The van der Waals surface area contributed by atoms with Crippen molar-refractivity contribution in [1.82, 2.24) is 4.98 Å². The molecule has 2 rings (SSSR count). The average molecular weight is 376 g/mol. The monoisotopic (exact) mass is 374 g/mol. The van der Waals surface area contributed by atoms with Crippen LogP contribution in [0.15, 0.2) is 28.2 Å². The van der Waals surface area contributed by atoms with Gasteiger partial charge in [-0.05, 0) is 27.6 Å². The predicted octanol–water partition coefficient (Wildman–Crippen LogP) is 3.44. The lowest BCUT2D eigenvalue weighted by Gasteiger charge is -2.08. The zero-order valence-electron chi connectivity index (χ0n) is 9.89. The summed E-state index contributed by atoms with van der Waals surface area (Å²) in [6.45, 7) is 0. The number of benzene rings is 1. The van der Waals surface area contributed by atoms with Crippen LogP contribution in [0.1, 0.15) is 16.1 Å². The number of nitrogens with one attached hydrogen (secondary N) is 1. The molecule has 0 spiro atoms. The maximum Gasteiger partial charge on any atom is 0.307 e. The van der Waals surface area contributed by atoms with Gasteiger partial charge in [0.15, 0.2) is 9.61 Å². The molecule has 104 valence electrons. The number of anilines is 1. The number of carbonyl (C=O) groups excluding carboxylic acids is 1. The van der Waals surface area contributed by atoms with Gasteiger partial charge in [-0.3, -0.25) is 9.59 Å². The molecule has 0 saturated heterocycles. The van der Waals surface area contributed by atoms with Crippen molar-refractivity contribution in [3.63, 3.8) is 0 Å². The van der Waals surface area contributed by atoms with Crippen LogP contribution in [-0.2, 0) is 11.2 Å². The number of aliphatic carboxylic acids is 1. The minimum atomic E-state index is -0.971. The lowest BCUT2D eigenvalue weighted by molar-refractivity contribution is -0.136. The standard InChI is InChI=1S/C12H8BrClN2O3S/c13-12-16-9(10(14)20-12)11(19)15-7-4-2-1-3-6(7)5-8(17)18/h1-4H,5H2,(H,15,19)(H,17,18). The topological polar surface area (TPSA) is 79.3 Å². The quantitative estimate of drug-likeness (QED) is 0.858. The van der Waals surface area contributed by atoms with E-state index >= 15 is 0 Å². The highest BCUT2D eigenvalue weighted by Crippen LogP contribution is 2.28. The molecule has 0 saturated carbocycles. The van der Waals surface area contributed by atoms with Crippen molar-refractivity contribution >= 4 is 56.4 Å². The molecule has 0 aliphatic carbocycles. The number of para-hydroxylation sites is 1. The fourth-order valence-corrected chi connectivity index (χ4v) is 3.37. The summed E-state index contributed by atoms with van der Waals surface area (Å²) in [5.74, 6) is -1.45. The van der Waals surface area contributed by atoms with Crippen LogP contribution in [0.3, 0.4) is 0 Å². The number of rotatable bonds is 4. The van der Waals surface area contributed by atoms with E-state index in [-0.39, 0.29) is 16.5 Å². The third kappa shape index (κ3) is 3.56. The van der Waals surface area contributed by atoms with E-state index in [2.05, 4.69) is 26.2 Å². The number of aromatic nitrogens is 1. The molecule has 0 atom stereocenters. The molecule has 1 amide bonds. The van der Waals surface area contributed by atoms with Crippen molar-refractivity contribution in [3.05, 3.63) is 43.8 Å². The third-order valence-electron chi connectivity index (χ3n) is 2.38. The summed E-state index contributed by atoms with van der Waals surface area (Å²) < 4.78 is 0.775. The number of hydrogen-bond donors (Lipinski definition) is 2. The smallest absolute Gasteiger partial charge is 0.307 e. The number of hydrogen-bond acceptors (Lipinski definition) is 4. The van der Waals surface area contributed by atoms with Crippen molar-refractivity contribution in [2.24, 2.45) is 0 Å². The lowest BCUT2D eigenvalue weighted by Crippen LogP contribution is -2.15. The molecule has 1 heterocycles. The van der Waals surface area contributed by atoms with Crippen molar-refractivity contribution < 1.29 is 14.7 Å². The molecule has 1 aromatic carbocycles. The van der Waals surface area contributed by atoms with Crippen LogP contribution in [-0.4, -0.2) is 22.0 Å². The van der Waals surface area contributed by atoms with E-state index < -0.39 is 11.9 Å². The summed E-state index contributed by atoms with van der Waals surface area (Å²) in [7, 11) is 0. The summed E-state index contributed by atoms with van der Waals surface area (Å²) >= 11 is 10.2. The summed E-state index contributed by atoms with van der Waals surface area (Å²) in [4.78, 5) is 26.8. The molecule has 2 N–H and O–H groups in total. The highest BCUT2D eigenvalue weighted by atomic mass is 79.9. The minimum absolute atomic E-state index is 0.105. The summed E-state index contributed by atoms with van der Waals surface area (Å²) in [5, 5.41) is 11.5. The Labute approximate surface area is 131 Å². The summed E-state index contributed by atoms with van der Waals surface area (Å²) in [5.41, 5.74) is 1.05. The normalized spacial score (nSPS) is 10.3. The van der Waals surface area contributed by atoms with Gasteiger partial charge in [-0.25, -0.2) is 4.98 Å². The van der Waals surface area contributed by atoms with E-state index in [1.54, 1.807) is 24.3 Å². The minimum Gasteiger partial charge on any atom is -0.481 e. The Morgan fingerprint density at radius 1 is 1.40 bits per heavy atom. The first-order chi connectivity index (χ1) is 9.47. The fourth-order valence-electron chi connectivity index (χ4n) is 1.56. The summed E-state index contributed by atoms with van der Waals surface area (Å²) in [6, 6.07) is 6.69. The van der Waals surface area contributed by atoms with E-state index in [4.69, 9.17) is 16.7 Å². The number of thiazole rings is 1. The lowest BCUT2D eigenvalue weighted by atomic mass is 10.1. The van der Waals surface area contributed by atoms with Crippen LogP contribution in [0.25, 0.3) is 0 Å². The van der Waals surface area contributed by atoms with Crippen LogP contribution in [0.2, 0.25) is 4.34 Å². The number of carbonyl (C=O) groups is 2. The van der Waals surface area contributed by atoms with Crippen molar-refractivity contribution in [3.8, 4) is 0 Å². The van der Waals surface area contributed by atoms with Gasteiger partial charge in [0.1, 0.15) is 4.34 Å². The Hall–Kier alpha value is -1.44. The summed E-state index contributed by atoms with van der Waals surface area (Å²) in [6.07, 6.45) is -0.176. The number of nitrogens with zero attached hydrogens (tertiary/aromatic N) is 1. The van der Waals surface area contributed by atoms with E-state index in [0.29, 0.717) is 15.2 Å². The fraction of sp³-hybridized carbons (Fsp3) is 0.0833. The SMILES string of the molecule is O=C(O)Cc1ccccc1NC(=O)c1nc(Br)sc1Cl. The number of carboxylic acid groups (broad SMARTS) is 1. The third-order valence-corrected chi connectivity index (χ3v) is 4.09. The first kappa shape index (κ1) is 15.0. The van der Waals surface area contributed by atoms with E-state index in [1.165, 1.54) is 0 Å². The predicted molar refractivity (Wildman–Crippen MR) is 80.6 cm³/mol. The van der Waals surface area contributed by atoms with E-state index in [1.807, 2.05) is 0 Å². The Kier molecular flexibility index (Phi) is 4.74. The first-order valence-corrected chi connectivity index (χ1v) is 7.39. The molecule has 5 nitrogen and oxygen atoms in total. The molecule has 8 heteroatoms. The molecular weight excluding hydrogens is 368 g/mol. The van der Waals surface area contributed by atoms with Gasteiger partial charge in [-0.2, -0.15) is 0 Å². The Bertz CT molecular complexity index is 674. The van der Waals surface area contributed by atoms with E-state index in [9.17, 15) is 9.59 Å². The first-order valence-electron chi connectivity index (χ1n) is 5.40. The molecule has 0 aliphatic heterocycles. The Balaban J connectivity index is 2.24. The maximum atomic E-state index is 12.1. The van der Waals surface area contributed by atoms with Crippen LogP contribution in [0.5, 0.6) is 0 Å². The molecule has 20 heavy (non-hydrogen) atoms.